The predicted octanol–water partition coefficient (Wildman–Crippen LogP) is 6.66. The molecule has 24 heavy (non-hydrogen) atoms. The molecule has 3 heteroatoms. The summed E-state index contributed by atoms with van der Waals surface area (Å²) >= 11 is 0. The Morgan fingerprint density at radius 1 is 1.12 bits per heavy atom. The number of methoxy groups -OCH3 is 1. The molecule has 0 saturated heterocycles. The number of benzene rings is 1. The van der Waals surface area contributed by atoms with E-state index in [0.717, 1.165) is 23.5 Å². The Labute approximate surface area is 149 Å². The fraction of sp³-hybridized carbons (Fsp3) is 0.524. The van der Waals surface area contributed by atoms with E-state index in [1.807, 2.05) is 12.1 Å². The van der Waals surface area contributed by atoms with Crippen LogP contribution in [0.3, 0.4) is 0 Å². The highest BCUT2D eigenvalue weighted by Gasteiger charge is 2.39. The van der Waals surface area contributed by atoms with Crippen molar-refractivity contribution in [1.82, 2.24) is 0 Å². The van der Waals surface area contributed by atoms with Crippen LogP contribution >= 0.6 is 0 Å². The molecule has 0 aromatic heterocycles. The first-order valence-corrected chi connectivity index (χ1v) is 11.7. The number of allylic oxidation sites excluding steroid dienone is 2. The van der Waals surface area contributed by atoms with Gasteiger partial charge in [0.2, 0.25) is 8.32 Å². The maximum Gasteiger partial charge on any atom is 0.250 e. The summed E-state index contributed by atoms with van der Waals surface area (Å²) in [5.41, 5.74) is 1.14. The molecular formula is C21H34O2Si. The summed E-state index contributed by atoms with van der Waals surface area (Å²) in [4.78, 5) is 0. The van der Waals surface area contributed by atoms with Crippen LogP contribution in [0.1, 0.15) is 46.6 Å². The summed E-state index contributed by atoms with van der Waals surface area (Å²) in [5.74, 6) is 2.49. The van der Waals surface area contributed by atoms with Crippen molar-refractivity contribution in [3.8, 4) is 5.75 Å². The quantitative estimate of drug-likeness (QED) is 0.312. The maximum atomic E-state index is 6.51. The van der Waals surface area contributed by atoms with E-state index in [-0.39, 0.29) is 5.04 Å². The molecule has 0 spiro atoms. The number of hydrogen-bond acceptors (Lipinski definition) is 2. The lowest BCUT2D eigenvalue weighted by atomic mass is 10.1. The minimum atomic E-state index is -1.83. The van der Waals surface area contributed by atoms with Gasteiger partial charge in [-0.1, -0.05) is 52.8 Å². The Hall–Kier alpha value is -1.48. The molecule has 0 saturated carbocycles. The smallest absolute Gasteiger partial charge is 0.250 e. The second kappa shape index (κ2) is 8.57. The molecule has 0 aliphatic heterocycles. The molecule has 0 N–H and O–H groups in total. The van der Waals surface area contributed by atoms with Gasteiger partial charge in [-0.05, 0) is 60.3 Å². The molecule has 2 nitrogen and oxygen atoms in total. The zero-order chi connectivity index (χ0) is 18.4. The van der Waals surface area contributed by atoms with Gasteiger partial charge in [-0.15, -0.1) is 0 Å². The van der Waals surface area contributed by atoms with Gasteiger partial charge >= 0.3 is 0 Å². The van der Waals surface area contributed by atoms with Crippen molar-refractivity contribution in [3.05, 3.63) is 47.7 Å². The predicted molar refractivity (Wildman–Crippen MR) is 108 cm³/mol. The summed E-state index contributed by atoms with van der Waals surface area (Å²) in [5, 5.41) is 0.192. The number of hydrogen-bond donors (Lipinski definition) is 0. The summed E-state index contributed by atoms with van der Waals surface area (Å²) in [6.45, 7) is 15.8. The van der Waals surface area contributed by atoms with E-state index in [2.05, 4.69) is 78.1 Å². The van der Waals surface area contributed by atoms with Crippen LogP contribution in [0, 0.1) is 5.92 Å². The van der Waals surface area contributed by atoms with Crippen molar-refractivity contribution in [2.45, 2.75) is 59.2 Å². The Morgan fingerprint density at radius 2 is 1.71 bits per heavy atom. The largest absolute Gasteiger partial charge is 0.544 e. The molecular weight excluding hydrogens is 312 g/mol. The van der Waals surface area contributed by atoms with Crippen molar-refractivity contribution in [2.24, 2.45) is 5.92 Å². The lowest BCUT2D eigenvalue weighted by Gasteiger charge is -2.37. The minimum absolute atomic E-state index is 0.192. The average Bonchev–Trinajstić information content (AvgIpc) is 2.49. The van der Waals surface area contributed by atoms with Gasteiger partial charge in [-0.2, -0.15) is 0 Å². The first-order chi connectivity index (χ1) is 11.0. The highest BCUT2D eigenvalue weighted by atomic mass is 28.4. The molecule has 0 atom stereocenters. The number of rotatable bonds is 7. The molecule has 0 heterocycles. The van der Waals surface area contributed by atoms with Crippen LogP contribution < -0.4 is 4.74 Å². The number of ether oxygens (including phenoxy) is 1. The van der Waals surface area contributed by atoms with Crippen LogP contribution in [0.25, 0.3) is 6.08 Å². The molecule has 0 aliphatic rings. The summed E-state index contributed by atoms with van der Waals surface area (Å²) < 4.78 is 11.7. The Bertz CT molecular complexity index is 560. The maximum absolute atomic E-state index is 6.51. The molecule has 0 radical (unpaired) electrons. The second-order valence-corrected chi connectivity index (χ2v) is 12.9. The van der Waals surface area contributed by atoms with Crippen LogP contribution in [0.15, 0.2) is 42.2 Å². The van der Waals surface area contributed by atoms with E-state index < -0.39 is 8.32 Å². The van der Waals surface area contributed by atoms with Crippen LogP contribution in [0.5, 0.6) is 5.75 Å². The van der Waals surface area contributed by atoms with Gasteiger partial charge < -0.3 is 9.16 Å². The van der Waals surface area contributed by atoms with Crippen LogP contribution in [-0.2, 0) is 4.43 Å². The van der Waals surface area contributed by atoms with Crippen molar-refractivity contribution >= 4 is 14.4 Å². The molecule has 0 fully saturated rings. The fourth-order valence-corrected chi connectivity index (χ4v) is 2.88. The van der Waals surface area contributed by atoms with E-state index in [9.17, 15) is 0 Å². The molecule has 0 aliphatic carbocycles. The third kappa shape index (κ3) is 6.56. The minimum Gasteiger partial charge on any atom is -0.544 e. The summed E-state index contributed by atoms with van der Waals surface area (Å²) in [6.07, 6.45) is 7.46. The molecule has 0 unspecified atom stereocenters. The molecule has 1 aromatic rings. The third-order valence-electron chi connectivity index (χ3n) is 4.53. The molecule has 0 bridgehead atoms. The van der Waals surface area contributed by atoms with Crippen LogP contribution in [0.2, 0.25) is 18.1 Å². The lowest BCUT2D eigenvalue weighted by molar-refractivity contribution is 0.396. The zero-order valence-electron chi connectivity index (χ0n) is 16.6. The molecule has 134 valence electrons. The second-order valence-electron chi connectivity index (χ2n) is 8.20. The standard InChI is InChI=1S/C21H34O2Si/c1-17(2)9-13-20(23-24(7,8)21(3,4)5)16-12-18-10-14-19(22-6)15-11-18/h10-17H,9H2,1-8H3/b16-12+,20-13-. The fourth-order valence-electron chi connectivity index (χ4n) is 1.84. The average molecular weight is 347 g/mol. The van der Waals surface area contributed by atoms with Gasteiger partial charge in [0.15, 0.2) is 0 Å². The zero-order valence-corrected chi connectivity index (χ0v) is 17.6. The van der Waals surface area contributed by atoms with Crippen molar-refractivity contribution in [3.63, 3.8) is 0 Å². The highest BCUT2D eigenvalue weighted by molar-refractivity contribution is 6.74. The van der Waals surface area contributed by atoms with Crippen molar-refractivity contribution < 1.29 is 9.16 Å². The SMILES string of the molecule is COc1ccc(/C=C/C(=C/CC(C)C)O[Si](C)(C)C(C)(C)C)cc1. The van der Waals surface area contributed by atoms with Gasteiger partial charge in [0, 0.05) is 0 Å². The van der Waals surface area contributed by atoms with E-state index in [0.29, 0.717) is 5.92 Å². The summed E-state index contributed by atoms with van der Waals surface area (Å²) in [6, 6.07) is 8.07. The Balaban J connectivity index is 2.97. The molecule has 0 amide bonds. The van der Waals surface area contributed by atoms with E-state index in [1.54, 1.807) is 7.11 Å². The van der Waals surface area contributed by atoms with E-state index in [4.69, 9.17) is 9.16 Å². The lowest BCUT2D eigenvalue weighted by Crippen LogP contribution is -2.40. The summed E-state index contributed by atoms with van der Waals surface area (Å²) in [7, 11) is -0.147. The van der Waals surface area contributed by atoms with Gasteiger partial charge in [0.25, 0.3) is 0 Å². The monoisotopic (exact) mass is 346 g/mol. The van der Waals surface area contributed by atoms with Gasteiger partial charge in [0.1, 0.15) is 5.75 Å². The van der Waals surface area contributed by atoms with Crippen molar-refractivity contribution in [1.29, 1.82) is 0 Å². The molecule has 1 aromatic carbocycles. The highest BCUT2D eigenvalue weighted by Crippen LogP contribution is 2.38. The van der Waals surface area contributed by atoms with Crippen LogP contribution in [0.4, 0.5) is 0 Å². The first-order valence-electron chi connectivity index (χ1n) is 8.76. The van der Waals surface area contributed by atoms with E-state index >= 15 is 0 Å². The van der Waals surface area contributed by atoms with Gasteiger partial charge in [-0.3, -0.25) is 0 Å². The first kappa shape index (κ1) is 20.6. The normalized spacial score (nSPS) is 13.6. The topological polar surface area (TPSA) is 18.5 Å². The Kier molecular flexibility index (Phi) is 7.34. The van der Waals surface area contributed by atoms with Crippen molar-refractivity contribution in [2.75, 3.05) is 7.11 Å². The van der Waals surface area contributed by atoms with Gasteiger partial charge in [-0.25, -0.2) is 0 Å². The third-order valence-corrected chi connectivity index (χ3v) is 8.88. The Morgan fingerprint density at radius 3 is 2.17 bits per heavy atom. The van der Waals surface area contributed by atoms with Crippen LogP contribution in [-0.4, -0.2) is 15.4 Å². The van der Waals surface area contributed by atoms with Gasteiger partial charge in [0.05, 0.1) is 12.9 Å². The molecule has 1 rings (SSSR count). The van der Waals surface area contributed by atoms with E-state index in [1.165, 1.54) is 0 Å².